The van der Waals surface area contributed by atoms with E-state index in [-0.39, 0.29) is 23.0 Å². The Balaban J connectivity index is 1.46. The van der Waals surface area contributed by atoms with Crippen LogP contribution in [0.25, 0.3) is 10.9 Å². The Bertz CT molecular complexity index is 1930. The number of aromatic nitrogens is 2. The van der Waals surface area contributed by atoms with Crippen molar-refractivity contribution in [1.29, 1.82) is 0 Å². The fraction of sp³-hybridized carbons (Fsp3) is 0.364. The van der Waals surface area contributed by atoms with E-state index in [0.717, 1.165) is 23.9 Å². The van der Waals surface area contributed by atoms with Crippen LogP contribution in [0.3, 0.4) is 0 Å². The number of nitrogens with one attached hydrogen (secondary N) is 1. The lowest BCUT2D eigenvalue weighted by atomic mass is 9.72. The Kier molecular flexibility index (Phi) is 6.05. The van der Waals surface area contributed by atoms with Crippen LogP contribution in [0.2, 0.25) is 10.0 Å². The summed E-state index contributed by atoms with van der Waals surface area (Å²) in [4.78, 5) is 27.1. The first kappa shape index (κ1) is 28.0. The smallest absolute Gasteiger partial charge is 0.338 e. The lowest BCUT2D eigenvalue weighted by Gasteiger charge is -2.54. The van der Waals surface area contributed by atoms with Crippen LogP contribution in [0.15, 0.2) is 48.5 Å². The largest absolute Gasteiger partial charge is 0.632 e. The number of hydroxylamine groups is 3. The lowest BCUT2D eigenvalue weighted by Crippen LogP contribution is -2.64. The molecule has 0 bridgehead atoms. The van der Waals surface area contributed by atoms with Crippen molar-refractivity contribution in [2.24, 2.45) is 5.92 Å². The number of hydrogen-bond acceptors (Lipinski definition) is 5. The number of rotatable bonds is 4. The van der Waals surface area contributed by atoms with Crippen molar-refractivity contribution in [3.63, 3.8) is 0 Å². The fourth-order valence-electron chi connectivity index (χ4n) is 8.47. The van der Waals surface area contributed by atoms with Crippen LogP contribution in [-0.4, -0.2) is 46.0 Å². The third kappa shape index (κ3) is 3.49. The number of hydrogen-bond donors (Lipinski definition) is 1. The molecule has 44 heavy (non-hydrogen) atoms. The molecule has 4 aromatic rings. The third-order valence-electron chi connectivity index (χ3n) is 10.4. The molecule has 1 saturated carbocycles. The summed E-state index contributed by atoms with van der Waals surface area (Å²) >= 11 is 12.8. The Labute approximate surface area is 262 Å². The van der Waals surface area contributed by atoms with E-state index >= 15 is 9.60 Å². The molecule has 4 heterocycles. The molecular weight excluding hydrogens is 606 g/mol. The maximum absolute atomic E-state index is 16.3. The van der Waals surface area contributed by atoms with Crippen LogP contribution < -0.4 is 5.32 Å². The second-order valence-corrected chi connectivity index (χ2v) is 13.4. The van der Waals surface area contributed by atoms with Crippen molar-refractivity contribution in [2.75, 3.05) is 19.0 Å². The van der Waals surface area contributed by atoms with Gasteiger partial charge in [0, 0.05) is 39.6 Å². The maximum Gasteiger partial charge on any atom is 0.338 e. The molecule has 1 unspecified atom stereocenters. The molecule has 4 aliphatic rings. The summed E-state index contributed by atoms with van der Waals surface area (Å²) in [5.41, 5.74) is 2.03. The van der Waals surface area contributed by atoms with Crippen molar-refractivity contribution >= 4 is 51.7 Å². The minimum absolute atomic E-state index is 0.0812. The van der Waals surface area contributed by atoms with Crippen LogP contribution in [0.4, 0.5) is 10.1 Å². The average Bonchev–Trinajstić information content (AvgIpc) is 3.58. The number of nitrogens with zero attached hydrogens (tertiary/aromatic N) is 3. The molecule has 8 rings (SSSR count). The second-order valence-electron chi connectivity index (χ2n) is 12.6. The minimum atomic E-state index is -1.71. The highest BCUT2D eigenvalue weighted by Gasteiger charge is 2.75. The predicted molar refractivity (Wildman–Crippen MR) is 164 cm³/mol. The molecule has 5 atom stereocenters. The normalized spacial score (nSPS) is 28.6. The lowest BCUT2D eigenvalue weighted by molar-refractivity contribution is -0.941. The van der Waals surface area contributed by atoms with Gasteiger partial charge in [0.2, 0.25) is 5.54 Å². The van der Waals surface area contributed by atoms with Gasteiger partial charge in [-0.15, -0.1) is 0 Å². The molecule has 226 valence electrons. The van der Waals surface area contributed by atoms with Gasteiger partial charge < -0.3 is 19.9 Å². The molecule has 1 amide bonds. The average molecular weight is 636 g/mol. The van der Waals surface area contributed by atoms with E-state index in [1.54, 1.807) is 36.4 Å². The summed E-state index contributed by atoms with van der Waals surface area (Å²) in [6, 6.07) is 12.2. The van der Waals surface area contributed by atoms with Gasteiger partial charge >= 0.3 is 5.97 Å². The molecular formula is C33H29Cl2FN4O4. The van der Waals surface area contributed by atoms with E-state index in [2.05, 4.69) is 5.32 Å². The van der Waals surface area contributed by atoms with E-state index in [0.29, 0.717) is 45.8 Å². The quantitative estimate of drug-likeness (QED) is 0.151. The number of benzene rings is 3. The second kappa shape index (κ2) is 9.50. The highest BCUT2D eigenvalue weighted by Crippen LogP contribution is 2.67. The van der Waals surface area contributed by atoms with E-state index in [9.17, 15) is 9.59 Å². The van der Waals surface area contributed by atoms with E-state index in [4.69, 9.17) is 33.0 Å². The molecule has 1 spiro atoms. The number of ether oxygens (including phenoxy) is 1. The molecule has 1 aromatic heterocycles. The zero-order valence-corrected chi connectivity index (χ0v) is 25.6. The van der Waals surface area contributed by atoms with Crippen molar-refractivity contribution in [1.82, 2.24) is 9.78 Å². The molecule has 1 saturated heterocycles. The number of quaternary nitrogens is 1. The first-order valence-corrected chi connectivity index (χ1v) is 15.6. The Hall–Kier alpha value is -3.50. The molecule has 3 aliphatic heterocycles. The Morgan fingerprint density at radius 3 is 2.75 bits per heavy atom. The van der Waals surface area contributed by atoms with Crippen LogP contribution in [0.5, 0.6) is 0 Å². The summed E-state index contributed by atoms with van der Waals surface area (Å²) in [7, 11) is 1.33. The highest BCUT2D eigenvalue weighted by molar-refractivity contribution is 6.31. The number of halogens is 3. The van der Waals surface area contributed by atoms with E-state index < -0.39 is 45.9 Å². The number of amides is 1. The number of carbonyl (C=O) groups is 2. The van der Waals surface area contributed by atoms with Gasteiger partial charge in [0.1, 0.15) is 17.9 Å². The standard InChI is InChI=1S/C33H29Cl2FN4O4/c1-16-19(31(41)44-2)9-10-20-25-12-13-26-30(39(25)38-29(16)20)27(21-4-3-5-23(35)28(21)36)33(40(26,43)15-17-6-7-17)22-11-8-18(34)14-24(22)37-32(33)42/h3-5,8-11,14,17,26-27,30H,6-7,12-13,15H2,1-2H3,(H,37,42)/t26-,27-,30+,33+,40?/m0/s1. The number of methoxy groups -OCH3 is 1. The molecule has 3 aromatic carbocycles. The molecule has 8 nitrogen and oxygen atoms in total. The fourth-order valence-corrected chi connectivity index (χ4v) is 8.83. The summed E-state index contributed by atoms with van der Waals surface area (Å²) in [5, 5.41) is 25.2. The monoisotopic (exact) mass is 634 g/mol. The number of anilines is 1. The Morgan fingerprint density at radius 1 is 1.20 bits per heavy atom. The van der Waals surface area contributed by atoms with Gasteiger partial charge in [-0.25, -0.2) is 9.18 Å². The van der Waals surface area contributed by atoms with Crippen molar-refractivity contribution in [2.45, 2.75) is 56.1 Å². The number of carbonyl (C=O) groups excluding carboxylic acids is 2. The van der Waals surface area contributed by atoms with E-state index in [1.165, 1.54) is 13.2 Å². The summed E-state index contributed by atoms with van der Waals surface area (Å²) < 4.78 is 22.3. The van der Waals surface area contributed by atoms with Gasteiger partial charge in [-0.05, 0) is 62.1 Å². The third-order valence-corrected chi connectivity index (χ3v) is 11.0. The molecule has 0 radical (unpaired) electrons. The van der Waals surface area contributed by atoms with Crippen molar-refractivity contribution in [3.05, 3.63) is 97.5 Å². The van der Waals surface area contributed by atoms with Crippen molar-refractivity contribution < 1.29 is 23.4 Å². The molecule has 11 heteroatoms. The van der Waals surface area contributed by atoms with Crippen LogP contribution in [0.1, 0.15) is 64.0 Å². The van der Waals surface area contributed by atoms with Crippen LogP contribution >= 0.6 is 23.2 Å². The zero-order chi connectivity index (χ0) is 30.7. The summed E-state index contributed by atoms with van der Waals surface area (Å²) in [6.07, 6.45) is 2.84. The number of fused-ring (bicyclic) bond motifs is 7. The SMILES string of the molecule is COC(=O)c1ccc2c3n(nc2c1C)[C@H]1[C@H](c2cccc(Cl)c2F)[C@]2(C(=O)Nc4cc(Cl)ccc42)[N+]([O-])(CC2CC2)[C@H]1CC3. The topological polar surface area (TPSA) is 96.3 Å². The van der Waals surface area contributed by atoms with Crippen molar-refractivity contribution in [3.8, 4) is 0 Å². The van der Waals surface area contributed by atoms with E-state index in [1.807, 2.05) is 17.7 Å². The molecule has 1 N–H and O–H groups in total. The summed E-state index contributed by atoms with van der Waals surface area (Å²) in [5.74, 6) is -2.37. The predicted octanol–water partition coefficient (Wildman–Crippen LogP) is 6.80. The number of aryl methyl sites for hydroxylation is 2. The molecule has 2 fully saturated rings. The zero-order valence-electron chi connectivity index (χ0n) is 24.1. The molecule has 1 aliphatic carbocycles. The first-order valence-electron chi connectivity index (χ1n) is 14.8. The van der Waals surface area contributed by atoms with Crippen LogP contribution in [-0.2, 0) is 21.5 Å². The maximum atomic E-state index is 16.3. The van der Waals surface area contributed by atoms with Gasteiger partial charge in [0.15, 0.2) is 0 Å². The number of esters is 1. The van der Waals surface area contributed by atoms with Crippen LogP contribution in [0, 0.1) is 23.9 Å². The first-order chi connectivity index (χ1) is 21.1. The van der Waals surface area contributed by atoms with Gasteiger partial charge in [-0.2, -0.15) is 5.10 Å². The highest BCUT2D eigenvalue weighted by atomic mass is 35.5. The van der Waals surface area contributed by atoms with Gasteiger partial charge in [-0.3, -0.25) is 9.48 Å². The minimum Gasteiger partial charge on any atom is -0.632 e. The Morgan fingerprint density at radius 2 is 2.00 bits per heavy atom. The van der Waals surface area contributed by atoms with Gasteiger partial charge in [0.25, 0.3) is 5.91 Å². The van der Waals surface area contributed by atoms with Gasteiger partial charge in [-0.1, -0.05) is 41.4 Å². The number of likely N-dealkylation sites (tertiary alicyclic amines) is 1. The summed E-state index contributed by atoms with van der Waals surface area (Å²) in [6.45, 7) is 2.05. The van der Waals surface area contributed by atoms with Gasteiger partial charge in [0.05, 0.1) is 41.4 Å².